The van der Waals surface area contributed by atoms with Crippen LogP contribution in [0.3, 0.4) is 0 Å². The molecule has 1 amide bonds. The first kappa shape index (κ1) is 18.3. The summed E-state index contributed by atoms with van der Waals surface area (Å²) in [6.45, 7) is 0.904. The van der Waals surface area contributed by atoms with E-state index in [0.29, 0.717) is 22.8 Å². The first-order chi connectivity index (χ1) is 13.1. The van der Waals surface area contributed by atoms with Crippen molar-refractivity contribution in [3.63, 3.8) is 0 Å². The van der Waals surface area contributed by atoms with Gasteiger partial charge in [0.25, 0.3) is 0 Å². The van der Waals surface area contributed by atoms with Gasteiger partial charge in [0.05, 0.1) is 0 Å². The Bertz CT molecular complexity index is 815. The molecule has 4 nitrogen and oxygen atoms in total. The number of pyridine rings is 1. The van der Waals surface area contributed by atoms with Gasteiger partial charge in [-0.15, -0.1) is 0 Å². The second-order valence-electron chi connectivity index (χ2n) is 7.79. The molecule has 2 heterocycles. The number of nitrogen functional groups attached to an aromatic ring is 1. The van der Waals surface area contributed by atoms with E-state index in [1.165, 1.54) is 32.1 Å². The molecular formula is C22H26ClN3O. The van der Waals surface area contributed by atoms with E-state index in [4.69, 9.17) is 17.3 Å². The van der Waals surface area contributed by atoms with Crippen LogP contribution in [0.1, 0.15) is 44.1 Å². The maximum Gasteiger partial charge on any atom is 0.226 e. The predicted octanol–water partition coefficient (Wildman–Crippen LogP) is 4.71. The van der Waals surface area contributed by atoms with Crippen LogP contribution in [0.2, 0.25) is 5.02 Å². The number of carbonyl (C=O) groups excluding carboxylic acids is 1. The summed E-state index contributed by atoms with van der Waals surface area (Å²) in [5.74, 6) is 0.891. The van der Waals surface area contributed by atoms with E-state index in [-0.39, 0.29) is 5.92 Å². The van der Waals surface area contributed by atoms with Crippen LogP contribution in [0.5, 0.6) is 0 Å². The molecule has 1 atom stereocenters. The Labute approximate surface area is 165 Å². The third-order valence-electron chi connectivity index (χ3n) is 6.01. The standard InChI is InChI=1S/C22H26ClN3O/c23-20-13-15(18-8-9-21(24)25-14-18)6-7-16(20)12-17-10-11-26(22(17)27)19-4-2-1-3-5-19/h6-9,13-14,17,19H,1-5,10-12H2,(H2,24,25). The molecule has 0 bridgehead atoms. The zero-order valence-electron chi connectivity index (χ0n) is 15.5. The predicted molar refractivity (Wildman–Crippen MR) is 109 cm³/mol. The Morgan fingerprint density at radius 3 is 2.56 bits per heavy atom. The van der Waals surface area contributed by atoms with Crippen molar-refractivity contribution in [1.82, 2.24) is 9.88 Å². The molecule has 4 rings (SSSR count). The average molecular weight is 384 g/mol. The van der Waals surface area contributed by atoms with E-state index in [1.54, 1.807) is 12.3 Å². The molecular weight excluding hydrogens is 358 g/mol. The zero-order chi connectivity index (χ0) is 18.8. The Hall–Kier alpha value is -2.07. The van der Waals surface area contributed by atoms with Crippen LogP contribution in [0.4, 0.5) is 5.82 Å². The van der Waals surface area contributed by atoms with Crippen molar-refractivity contribution in [1.29, 1.82) is 0 Å². The molecule has 1 aromatic carbocycles. The van der Waals surface area contributed by atoms with E-state index in [0.717, 1.165) is 36.1 Å². The number of carbonyl (C=O) groups is 1. The van der Waals surface area contributed by atoms with Crippen molar-refractivity contribution in [2.45, 2.75) is 51.0 Å². The van der Waals surface area contributed by atoms with Crippen molar-refractivity contribution < 1.29 is 4.79 Å². The van der Waals surface area contributed by atoms with Gasteiger partial charge in [0.15, 0.2) is 0 Å². The summed E-state index contributed by atoms with van der Waals surface area (Å²) in [6, 6.07) is 10.2. The van der Waals surface area contributed by atoms with Crippen molar-refractivity contribution in [2.75, 3.05) is 12.3 Å². The number of benzene rings is 1. The first-order valence-electron chi connectivity index (χ1n) is 9.92. The summed E-state index contributed by atoms with van der Waals surface area (Å²) in [5, 5.41) is 0.716. The second-order valence-corrected chi connectivity index (χ2v) is 8.20. The van der Waals surface area contributed by atoms with E-state index in [9.17, 15) is 4.79 Å². The number of rotatable bonds is 4. The van der Waals surface area contributed by atoms with Crippen LogP contribution in [0.25, 0.3) is 11.1 Å². The fourth-order valence-electron chi connectivity index (χ4n) is 4.44. The minimum atomic E-state index is 0.0634. The number of nitrogens with two attached hydrogens (primary N) is 1. The lowest BCUT2D eigenvalue weighted by Crippen LogP contribution is -2.39. The SMILES string of the molecule is Nc1ccc(-c2ccc(CC3CCN(C4CCCCC4)C3=O)c(Cl)c2)cn1. The fourth-order valence-corrected chi connectivity index (χ4v) is 4.70. The zero-order valence-corrected chi connectivity index (χ0v) is 16.3. The highest BCUT2D eigenvalue weighted by Gasteiger charge is 2.36. The van der Waals surface area contributed by atoms with Gasteiger partial charge in [0.1, 0.15) is 5.82 Å². The molecule has 2 aromatic rings. The lowest BCUT2D eigenvalue weighted by Gasteiger charge is -2.31. The summed E-state index contributed by atoms with van der Waals surface area (Å²) in [5.41, 5.74) is 8.70. The number of hydrogen-bond donors (Lipinski definition) is 1. The third kappa shape index (κ3) is 3.96. The molecule has 1 aromatic heterocycles. The van der Waals surface area contributed by atoms with Crippen LogP contribution in [-0.4, -0.2) is 28.4 Å². The Kier molecular flexibility index (Phi) is 5.35. The quantitative estimate of drug-likeness (QED) is 0.831. The molecule has 1 saturated heterocycles. The van der Waals surface area contributed by atoms with E-state index in [1.807, 2.05) is 24.3 Å². The largest absolute Gasteiger partial charge is 0.384 e. The molecule has 2 fully saturated rings. The van der Waals surface area contributed by atoms with Gasteiger partial charge in [-0.05, 0) is 55.0 Å². The molecule has 0 spiro atoms. The molecule has 0 radical (unpaired) electrons. The molecule has 2 N–H and O–H groups in total. The van der Waals surface area contributed by atoms with E-state index < -0.39 is 0 Å². The fraction of sp³-hybridized carbons (Fsp3) is 0.455. The Morgan fingerprint density at radius 2 is 1.85 bits per heavy atom. The van der Waals surface area contributed by atoms with Gasteiger partial charge in [-0.1, -0.05) is 43.0 Å². The molecule has 1 aliphatic carbocycles. The van der Waals surface area contributed by atoms with E-state index >= 15 is 0 Å². The molecule has 2 aliphatic rings. The second kappa shape index (κ2) is 7.89. The molecule has 142 valence electrons. The van der Waals surface area contributed by atoms with Gasteiger partial charge in [0.2, 0.25) is 5.91 Å². The van der Waals surface area contributed by atoms with E-state index in [2.05, 4.69) is 9.88 Å². The van der Waals surface area contributed by atoms with Gasteiger partial charge in [-0.2, -0.15) is 0 Å². The molecule has 1 saturated carbocycles. The first-order valence-corrected chi connectivity index (χ1v) is 10.3. The van der Waals surface area contributed by atoms with Gasteiger partial charge < -0.3 is 10.6 Å². The third-order valence-corrected chi connectivity index (χ3v) is 6.36. The summed E-state index contributed by atoms with van der Waals surface area (Å²) < 4.78 is 0. The lowest BCUT2D eigenvalue weighted by molar-refractivity contribution is -0.133. The maximum absolute atomic E-state index is 12.9. The van der Waals surface area contributed by atoms with Gasteiger partial charge in [0, 0.05) is 35.3 Å². The number of nitrogens with zero attached hydrogens (tertiary/aromatic N) is 2. The van der Waals surface area contributed by atoms with Crippen LogP contribution in [0.15, 0.2) is 36.5 Å². The minimum Gasteiger partial charge on any atom is -0.384 e. The van der Waals surface area contributed by atoms with Crippen LogP contribution >= 0.6 is 11.6 Å². The topological polar surface area (TPSA) is 59.2 Å². The van der Waals surface area contributed by atoms with Crippen LogP contribution < -0.4 is 5.73 Å². The number of halogens is 1. The summed E-state index contributed by atoms with van der Waals surface area (Å²) in [7, 11) is 0. The van der Waals surface area contributed by atoms with Gasteiger partial charge in [-0.25, -0.2) is 4.98 Å². The highest BCUT2D eigenvalue weighted by Crippen LogP contribution is 2.33. The van der Waals surface area contributed by atoms with Crippen molar-refractivity contribution >= 4 is 23.3 Å². The summed E-state index contributed by atoms with van der Waals surface area (Å²) in [4.78, 5) is 19.2. The number of anilines is 1. The number of hydrogen-bond acceptors (Lipinski definition) is 3. The van der Waals surface area contributed by atoms with Crippen molar-refractivity contribution in [2.24, 2.45) is 5.92 Å². The lowest BCUT2D eigenvalue weighted by atomic mass is 9.93. The molecule has 5 heteroatoms. The van der Waals surface area contributed by atoms with Crippen LogP contribution in [0, 0.1) is 5.92 Å². The summed E-state index contributed by atoms with van der Waals surface area (Å²) >= 11 is 6.55. The van der Waals surface area contributed by atoms with Crippen LogP contribution in [-0.2, 0) is 11.2 Å². The Morgan fingerprint density at radius 1 is 1.07 bits per heavy atom. The maximum atomic E-state index is 12.9. The van der Waals surface area contributed by atoms with Gasteiger partial charge >= 0.3 is 0 Å². The normalized spacial score (nSPS) is 21.0. The van der Waals surface area contributed by atoms with Crippen molar-refractivity contribution in [3.05, 3.63) is 47.1 Å². The monoisotopic (exact) mass is 383 g/mol. The number of aromatic nitrogens is 1. The number of likely N-dealkylation sites (tertiary alicyclic amines) is 1. The highest BCUT2D eigenvalue weighted by molar-refractivity contribution is 6.31. The molecule has 27 heavy (non-hydrogen) atoms. The van der Waals surface area contributed by atoms with Crippen molar-refractivity contribution in [3.8, 4) is 11.1 Å². The minimum absolute atomic E-state index is 0.0634. The highest BCUT2D eigenvalue weighted by atomic mass is 35.5. The average Bonchev–Trinajstić information content (AvgIpc) is 3.05. The van der Waals surface area contributed by atoms with Gasteiger partial charge in [-0.3, -0.25) is 4.79 Å². The summed E-state index contributed by atoms with van der Waals surface area (Å²) in [6.07, 6.45) is 9.58. The molecule has 1 unspecified atom stereocenters. The smallest absolute Gasteiger partial charge is 0.226 e. The Balaban J connectivity index is 1.45. The molecule has 1 aliphatic heterocycles. The number of amides is 1.